The molecule has 0 rings (SSSR count). The Morgan fingerprint density at radius 3 is 2.67 bits per heavy atom. The van der Waals surface area contributed by atoms with Crippen molar-refractivity contribution in [1.82, 2.24) is 5.54 Å². The fraction of sp³-hybridized carbons (Fsp3) is 0.500. The van der Waals surface area contributed by atoms with Crippen molar-refractivity contribution in [2.75, 3.05) is 6.54 Å². The SMILES string of the molecule is CC=CCNF. The van der Waals surface area contributed by atoms with Crippen LogP contribution < -0.4 is 5.54 Å². The Morgan fingerprint density at radius 2 is 2.50 bits per heavy atom. The van der Waals surface area contributed by atoms with Gasteiger partial charge in [-0.15, -0.1) is 4.48 Å². The van der Waals surface area contributed by atoms with Crippen LogP contribution in [0.2, 0.25) is 0 Å². The number of hydrogen-bond donors (Lipinski definition) is 1. The summed E-state index contributed by atoms with van der Waals surface area (Å²) in [5.41, 5.74) is 1.48. The lowest BCUT2D eigenvalue weighted by Gasteiger charge is -1.77. The minimum Gasteiger partial charge on any atom is -0.156 e. The molecule has 0 aliphatic rings. The number of allylic oxidation sites excluding steroid dienone is 1. The van der Waals surface area contributed by atoms with Crippen molar-refractivity contribution in [2.45, 2.75) is 6.92 Å². The normalized spacial score (nSPS) is 10.3. The standard InChI is InChI=1S/C4H8FN/c1-2-3-4-6-5/h2-3,6H,4H2,1H3. The Morgan fingerprint density at radius 1 is 1.83 bits per heavy atom. The summed E-state index contributed by atoms with van der Waals surface area (Å²) in [6.07, 6.45) is 3.48. The fourth-order valence-electron chi connectivity index (χ4n) is 0.162. The lowest BCUT2D eigenvalue weighted by Crippen LogP contribution is -1.96. The Hall–Kier alpha value is -0.370. The third kappa shape index (κ3) is 3.63. The lowest BCUT2D eigenvalue weighted by molar-refractivity contribution is 0.357. The average molecular weight is 89.1 g/mol. The molecular weight excluding hydrogens is 81.0 g/mol. The number of rotatable bonds is 2. The van der Waals surface area contributed by atoms with Gasteiger partial charge in [0.1, 0.15) is 0 Å². The van der Waals surface area contributed by atoms with Crippen LogP contribution in [0.5, 0.6) is 0 Å². The molecule has 0 aromatic carbocycles. The molecule has 36 valence electrons. The van der Waals surface area contributed by atoms with Crippen LogP contribution in [0.1, 0.15) is 6.92 Å². The van der Waals surface area contributed by atoms with Gasteiger partial charge in [-0.2, -0.15) is 5.54 Å². The van der Waals surface area contributed by atoms with Crippen LogP contribution in [0.15, 0.2) is 12.2 Å². The fourth-order valence-corrected chi connectivity index (χ4v) is 0.162. The second kappa shape index (κ2) is 4.63. The maximum atomic E-state index is 10.9. The van der Waals surface area contributed by atoms with Crippen LogP contribution in [-0.2, 0) is 0 Å². The molecule has 0 aromatic heterocycles. The first-order valence-corrected chi connectivity index (χ1v) is 1.86. The van der Waals surface area contributed by atoms with E-state index in [9.17, 15) is 4.48 Å². The number of nitrogens with one attached hydrogen (secondary N) is 1. The van der Waals surface area contributed by atoms with Crippen LogP contribution in [-0.4, -0.2) is 6.54 Å². The summed E-state index contributed by atoms with van der Waals surface area (Å²) in [7, 11) is 0. The van der Waals surface area contributed by atoms with Gasteiger partial charge in [-0.1, -0.05) is 12.2 Å². The third-order valence-electron chi connectivity index (χ3n) is 0.431. The van der Waals surface area contributed by atoms with Crippen LogP contribution in [0, 0.1) is 0 Å². The van der Waals surface area contributed by atoms with Gasteiger partial charge in [-0.3, -0.25) is 0 Å². The van der Waals surface area contributed by atoms with Crippen LogP contribution in [0.3, 0.4) is 0 Å². The van der Waals surface area contributed by atoms with Gasteiger partial charge in [0.15, 0.2) is 0 Å². The summed E-state index contributed by atoms with van der Waals surface area (Å²) in [4.78, 5) is 0. The molecule has 1 nitrogen and oxygen atoms in total. The van der Waals surface area contributed by atoms with Crippen molar-refractivity contribution in [1.29, 1.82) is 0 Å². The Kier molecular flexibility index (Phi) is 4.34. The molecule has 0 atom stereocenters. The largest absolute Gasteiger partial charge is 0.156 e. The first-order chi connectivity index (χ1) is 2.91. The third-order valence-corrected chi connectivity index (χ3v) is 0.431. The molecule has 0 saturated carbocycles. The van der Waals surface area contributed by atoms with Crippen molar-refractivity contribution in [3.05, 3.63) is 12.2 Å². The molecule has 1 N–H and O–H groups in total. The summed E-state index contributed by atoms with van der Waals surface area (Å²) in [6.45, 7) is 2.16. The zero-order valence-corrected chi connectivity index (χ0v) is 3.74. The number of halogens is 1. The van der Waals surface area contributed by atoms with E-state index in [1.165, 1.54) is 5.54 Å². The van der Waals surface area contributed by atoms with E-state index in [2.05, 4.69) is 0 Å². The van der Waals surface area contributed by atoms with Gasteiger partial charge in [0.2, 0.25) is 0 Å². The highest BCUT2D eigenvalue weighted by molar-refractivity contribution is 4.77. The maximum absolute atomic E-state index is 10.9. The predicted octanol–water partition coefficient (Wildman–Crippen LogP) is 1.04. The highest BCUT2D eigenvalue weighted by Gasteiger charge is 1.64. The van der Waals surface area contributed by atoms with E-state index in [0.717, 1.165) is 0 Å². The van der Waals surface area contributed by atoms with Gasteiger partial charge in [-0.25, -0.2) is 0 Å². The molecule has 6 heavy (non-hydrogen) atoms. The van der Waals surface area contributed by atoms with E-state index < -0.39 is 0 Å². The summed E-state index contributed by atoms with van der Waals surface area (Å²) in [5.74, 6) is 0. The molecule has 0 heterocycles. The van der Waals surface area contributed by atoms with Crippen molar-refractivity contribution in [3.63, 3.8) is 0 Å². The second-order valence-corrected chi connectivity index (χ2v) is 0.907. The van der Waals surface area contributed by atoms with E-state index in [4.69, 9.17) is 0 Å². The minimum absolute atomic E-state index is 0.316. The molecule has 2 heteroatoms. The van der Waals surface area contributed by atoms with Gasteiger partial charge in [0.05, 0.1) is 0 Å². The van der Waals surface area contributed by atoms with Crippen molar-refractivity contribution >= 4 is 0 Å². The molecule has 0 unspecified atom stereocenters. The second-order valence-electron chi connectivity index (χ2n) is 0.907. The van der Waals surface area contributed by atoms with Gasteiger partial charge in [0, 0.05) is 6.54 Å². The van der Waals surface area contributed by atoms with Crippen molar-refractivity contribution in [2.24, 2.45) is 0 Å². The average Bonchev–Trinajstić information content (AvgIpc) is 1.61. The van der Waals surface area contributed by atoms with E-state index in [1.54, 1.807) is 12.2 Å². The van der Waals surface area contributed by atoms with E-state index >= 15 is 0 Å². The molecule has 0 radical (unpaired) electrons. The highest BCUT2D eigenvalue weighted by Crippen LogP contribution is 1.63. The molecule has 0 aromatic rings. The zero-order valence-electron chi connectivity index (χ0n) is 3.74. The molecule has 0 bridgehead atoms. The zero-order chi connectivity index (χ0) is 4.83. The Balaban J connectivity index is 2.66. The Labute approximate surface area is 36.8 Å². The monoisotopic (exact) mass is 89.1 g/mol. The Bertz CT molecular complexity index is 42.8. The predicted molar refractivity (Wildman–Crippen MR) is 23.9 cm³/mol. The van der Waals surface area contributed by atoms with Gasteiger partial charge in [-0.05, 0) is 6.92 Å². The van der Waals surface area contributed by atoms with Crippen molar-refractivity contribution < 1.29 is 4.48 Å². The minimum atomic E-state index is 0.316. The summed E-state index contributed by atoms with van der Waals surface area (Å²) >= 11 is 0. The molecule has 0 amide bonds. The molecule has 0 spiro atoms. The molecule has 0 aliphatic heterocycles. The smallest absolute Gasteiger partial charge is 0.0440 e. The number of hydrogen-bond acceptors (Lipinski definition) is 1. The molecule has 0 aliphatic carbocycles. The summed E-state index contributed by atoms with van der Waals surface area (Å²) < 4.78 is 10.9. The van der Waals surface area contributed by atoms with Crippen LogP contribution in [0.25, 0.3) is 0 Å². The molecular formula is C4H8FN. The first kappa shape index (κ1) is 5.63. The molecule has 0 fully saturated rings. The summed E-state index contributed by atoms with van der Waals surface area (Å²) in [5, 5.41) is 0. The quantitative estimate of drug-likeness (QED) is 0.393. The highest BCUT2D eigenvalue weighted by atomic mass is 19.2. The van der Waals surface area contributed by atoms with Crippen LogP contribution >= 0.6 is 0 Å². The van der Waals surface area contributed by atoms with E-state index in [0.29, 0.717) is 6.54 Å². The van der Waals surface area contributed by atoms with Crippen LogP contribution in [0.4, 0.5) is 4.48 Å². The molecule has 0 saturated heterocycles. The van der Waals surface area contributed by atoms with E-state index in [-0.39, 0.29) is 0 Å². The van der Waals surface area contributed by atoms with E-state index in [1.807, 2.05) is 6.92 Å². The lowest BCUT2D eigenvalue weighted by atomic mass is 10.5. The topological polar surface area (TPSA) is 12.0 Å². The maximum Gasteiger partial charge on any atom is 0.0440 e. The van der Waals surface area contributed by atoms with Gasteiger partial charge >= 0.3 is 0 Å². The first-order valence-electron chi connectivity index (χ1n) is 1.86. The summed E-state index contributed by atoms with van der Waals surface area (Å²) in [6, 6.07) is 0. The van der Waals surface area contributed by atoms with Gasteiger partial charge in [0.25, 0.3) is 0 Å². The van der Waals surface area contributed by atoms with Gasteiger partial charge < -0.3 is 0 Å². The van der Waals surface area contributed by atoms with Crippen molar-refractivity contribution in [3.8, 4) is 0 Å².